The van der Waals surface area contributed by atoms with Crippen molar-refractivity contribution in [2.45, 2.75) is 39.5 Å². The molecule has 0 saturated carbocycles. The van der Waals surface area contributed by atoms with E-state index in [-0.39, 0.29) is 18.2 Å². The van der Waals surface area contributed by atoms with Crippen LogP contribution in [0.5, 0.6) is 5.75 Å². The first-order valence-corrected chi connectivity index (χ1v) is 8.95. The standard InChI is InChI=1S/C21H24N2O5/c1-14(2)27-18-11-9-17(10-12-18)20(25)28-15(3)19(24)23-21(26)22-13-16-7-5-4-6-8-16/h4-12,14-15H,13H2,1-3H3,(H2,22,23,24,26)/t15-/m0/s1. The van der Waals surface area contributed by atoms with Crippen molar-refractivity contribution in [2.75, 3.05) is 0 Å². The third kappa shape index (κ3) is 6.75. The molecule has 148 valence electrons. The zero-order valence-corrected chi connectivity index (χ0v) is 16.1. The van der Waals surface area contributed by atoms with Gasteiger partial charge >= 0.3 is 12.0 Å². The molecule has 7 heteroatoms. The number of benzene rings is 2. The van der Waals surface area contributed by atoms with Gasteiger partial charge in [-0.3, -0.25) is 10.1 Å². The van der Waals surface area contributed by atoms with E-state index >= 15 is 0 Å². The molecule has 0 aromatic heterocycles. The Morgan fingerprint density at radius 2 is 1.57 bits per heavy atom. The normalized spacial score (nSPS) is 11.4. The lowest BCUT2D eigenvalue weighted by Crippen LogP contribution is -2.44. The van der Waals surface area contributed by atoms with Gasteiger partial charge in [-0.25, -0.2) is 9.59 Å². The highest BCUT2D eigenvalue weighted by Gasteiger charge is 2.20. The molecule has 0 heterocycles. The van der Waals surface area contributed by atoms with Crippen LogP contribution < -0.4 is 15.4 Å². The summed E-state index contributed by atoms with van der Waals surface area (Å²) in [4.78, 5) is 36.0. The lowest BCUT2D eigenvalue weighted by atomic mass is 10.2. The molecule has 0 bridgehead atoms. The monoisotopic (exact) mass is 384 g/mol. The molecule has 0 aliphatic heterocycles. The number of ether oxygens (including phenoxy) is 2. The molecule has 2 aromatic carbocycles. The molecule has 2 rings (SSSR count). The summed E-state index contributed by atoms with van der Waals surface area (Å²) in [5, 5.41) is 4.72. The van der Waals surface area contributed by atoms with Gasteiger partial charge in [0.25, 0.3) is 5.91 Å². The van der Waals surface area contributed by atoms with E-state index in [0.717, 1.165) is 5.56 Å². The van der Waals surface area contributed by atoms with E-state index in [1.54, 1.807) is 24.3 Å². The first-order chi connectivity index (χ1) is 13.3. The van der Waals surface area contributed by atoms with Crippen molar-refractivity contribution in [1.29, 1.82) is 0 Å². The van der Waals surface area contributed by atoms with Crippen molar-refractivity contribution in [3.63, 3.8) is 0 Å². The first kappa shape index (κ1) is 21.0. The highest BCUT2D eigenvalue weighted by atomic mass is 16.5. The average Bonchev–Trinajstić information content (AvgIpc) is 2.67. The molecular formula is C21H24N2O5. The Bertz CT molecular complexity index is 803. The minimum atomic E-state index is -1.12. The smallest absolute Gasteiger partial charge is 0.338 e. The van der Waals surface area contributed by atoms with Crippen LogP contribution in [0.3, 0.4) is 0 Å². The highest BCUT2D eigenvalue weighted by molar-refractivity contribution is 5.98. The number of hydrogen-bond donors (Lipinski definition) is 2. The summed E-state index contributed by atoms with van der Waals surface area (Å²) >= 11 is 0. The van der Waals surface area contributed by atoms with Crippen molar-refractivity contribution in [3.8, 4) is 5.75 Å². The predicted molar refractivity (Wildman–Crippen MR) is 104 cm³/mol. The Balaban J connectivity index is 1.80. The van der Waals surface area contributed by atoms with Crippen LogP contribution in [0.4, 0.5) is 4.79 Å². The van der Waals surface area contributed by atoms with Crippen LogP contribution in [0, 0.1) is 0 Å². The molecule has 0 aliphatic carbocycles. The molecule has 0 fully saturated rings. The van der Waals surface area contributed by atoms with Gasteiger partial charge in [-0.15, -0.1) is 0 Å². The molecule has 2 aromatic rings. The number of rotatable bonds is 7. The molecule has 28 heavy (non-hydrogen) atoms. The largest absolute Gasteiger partial charge is 0.491 e. The Morgan fingerprint density at radius 1 is 0.929 bits per heavy atom. The van der Waals surface area contributed by atoms with Gasteiger partial charge in [-0.05, 0) is 50.6 Å². The SMILES string of the molecule is CC(C)Oc1ccc(C(=O)O[C@@H](C)C(=O)NC(=O)NCc2ccccc2)cc1. The zero-order valence-electron chi connectivity index (χ0n) is 16.1. The molecule has 0 saturated heterocycles. The molecule has 7 nitrogen and oxygen atoms in total. The van der Waals surface area contributed by atoms with Crippen LogP contribution in [0.15, 0.2) is 54.6 Å². The minimum absolute atomic E-state index is 0.0227. The average molecular weight is 384 g/mol. The summed E-state index contributed by atoms with van der Waals surface area (Å²) in [5.74, 6) is -0.741. The first-order valence-electron chi connectivity index (χ1n) is 8.95. The number of esters is 1. The third-order valence-corrected chi connectivity index (χ3v) is 3.65. The Morgan fingerprint density at radius 3 is 2.18 bits per heavy atom. The summed E-state index contributed by atoms with van der Waals surface area (Å²) in [5.41, 5.74) is 1.18. The zero-order chi connectivity index (χ0) is 20.5. The molecule has 2 N–H and O–H groups in total. The van der Waals surface area contributed by atoms with Crippen molar-refractivity contribution in [1.82, 2.24) is 10.6 Å². The number of amides is 3. The Hall–Kier alpha value is -3.35. The summed E-state index contributed by atoms with van der Waals surface area (Å²) in [6, 6.07) is 15.0. The lowest BCUT2D eigenvalue weighted by molar-refractivity contribution is -0.127. The van der Waals surface area contributed by atoms with Crippen molar-refractivity contribution in [3.05, 3.63) is 65.7 Å². The Labute approximate surface area is 164 Å². The van der Waals surface area contributed by atoms with E-state index < -0.39 is 24.0 Å². The maximum atomic E-state index is 12.1. The fourth-order valence-electron chi connectivity index (χ4n) is 2.26. The Kier molecular flexibility index (Phi) is 7.56. The van der Waals surface area contributed by atoms with Crippen LogP contribution in [0.2, 0.25) is 0 Å². The second-order valence-corrected chi connectivity index (χ2v) is 6.40. The highest BCUT2D eigenvalue weighted by Crippen LogP contribution is 2.15. The van der Waals surface area contributed by atoms with Gasteiger partial charge in [0.05, 0.1) is 11.7 Å². The molecule has 0 unspecified atom stereocenters. The summed E-state index contributed by atoms with van der Waals surface area (Å²) in [6.07, 6.45) is -1.10. The van der Waals surface area contributed by atoms with Gasteiger partial charge in [0.15, 0.2) is 6.10 Å². The number of carbonyl (C=O) groups is 3. The molecule has 0 spiro atoms. The number of hydrogen-bond acceptors (Lipinski definition) is 5. The van der Waals surface area contributed by atoms with Gasteiger partial charge < -0.3 is 14.8 Å². The summed E-state index contributed by atoms with van der Waals surface area (Å²) < 4.78 is 10.6. The number of nitrogens with one attached hydrogen (secondary N) is 2. The van der Waals surface area contributed by atoms with E-state index in [0.29, 0.717) is 5.75 Å². The quantitative estimate of drug-likeness (QED) is 0.716. The van der Waals surface area contributed by atoms with E-state index in [1.165, 1.54) is 6.92 Å². The van der Waals surface area contributed by atoms with Gasteiger partial charge in [0.2, 0.25) is 0 Å². The fourth-order valence-corrected chi connectivity index (χ4v) is 2.26. The maximum Gasteiger partial charge on any atom is 0.338 e. The summed E-state index contributed by atoms with van der Waals surface area (Å²) in [7, 11) is 0. The van der Waals surface area contributed by atoms with Crippen molar-refractivity contribution < 1.29 is 23.9 Å². The minimum Gasteiger partial charge on any atom is -0.491 e. The van der Waals surface area contributed by atoms with Crippen molar-refractivity contribution in [2.24, 2.45) is 0 Å². The van der Waals surface area contributed by atoms with Gasteiger partial charge in [0, 0.05) is 6.54 Å². The van der Waals surface area contributed by atoms with Crippen molar-refractivity contribution >= 4 is 17.9 Å². The van der Waals surface area contributed by atoms with Gasteiger partial charge in [-0.2, -0.15) is 0 Å². The van der Waals surface area contributed by atoms with Crippen LogP contribution in [0.25, 0.3) is 0 Å². The second kappa shape index (κ2) is 10.1. The molecule has 0 aliphatic rings. The number of urea groups is 1. The topological polar surface area (TPSA) is 93.7 Å². The number of imide groups is 1. The van der Waals surface area contributed by atoms with E-state index in [2.05, 4.69) is 10.6 Å². The maximum absolute atomic E-state index is 12.1. The molecular weight excluding hydrogens is 360 g/mol. The van der Waals surface area contributed by atoms with Crippen LogP contribution in [0.1, 0.15) is 36.7 Å². The molecule has 0 radical (unpaired) electrons. The predicted octanol–water partition coefficient (Wildman–Crippen LogP) is 3.05. The third-order valence-electron chi connectivity index (χ3n) is 3.65. The lowest BCUT2D eigenvalue weighted by Gasteiger charge is -2.14. The number of carbonyl (C=O) groups excluding carboxylic acids is 3. The fraction of sp³-hybridized carbons (Fsp3) is 0.286. The van der Waals surface area contributed by atoms with Crippen LogP contribution in [-0.2, 0) is 16.1 Å². The molecule has 3 amide bonds. The second-order valence-electron chi connectivity index (χ2n) is 6.40. The van der Waals surface area contributed by atoms with E-state index in [1.807, 2.05) is 44.2 Å². The van der Waals surface area contributed by atoms with Crippen LogP contribution >= 0.6 is 0 Å². The van der Waals surface area contributed by atoms with Gasteiger partial charge in [0.1, 0.15) is 5.75 Å². The van der Waals surface area contributed by atoms with Gasteiger partial charge in [-0.1, -0.05) is 30.3 Å². The molecule has 1 atom stereocenters. The summed E-state index contributed by atoms with van der Waals surface area (Å²) in [6.45, 7) is 5.48. The van der Waals surface area contributed by atoms with E-state index in [4.69, 9.17) is 9.47 Å². The van der Waals surface area contributed by atoms with Crippen LogP contribution in [-0.4, -0.2) is 30.1 Å². The van der Waals surface area contributed by atoms with E-state index in [9.17, 15) is 14.4 Å².